The van der Waals surface area contributed by atoms with Gasteiger partial charge in [-0.05, 0) is 45.4 Å². The maximum atomic E-state index is 12.5. The van der Waals surface area contributed by atoms with Crippen LogP contribution in [-0.2, 0) is 14.3 Å². The molecule has 1 aromatic carbocycles. The van der Waals surface area contributed by atoms with Crippen molar-refractivity contribution in [2.24, 2.45) is 5.41 Å². The Balaban J connectivity index is 2.44. The first-order chi connectivity index (χ1) is 12.8. The second-order valence-corrected chi connectivity index (χ2v) is 8.15. The van der Waals surface area contributed by atoms with Crippen LogP contribution in [0.15, 0.2) is 18.2 Å². The molecule has 0 aliphatic carbocycles. The maximum Gasteiger partial charge on any atom is 0.352 e. The fourth-order valence-corrected chi connectivity index (χ4v) is 3.13. The van der Waals surface area contributed by atoms with Crippen molar-refractivity contribution in [1.29, 1.82) is 0 Å². The van der Waals surface area contributed by atoms with Crippen molar-refractivity contribution in [3.63, 3.8) is 0 Å². The molecule has 0 bridgehead atoms. The highest BCUT2D eigenvalue weighted by Gasteiger charge is 2.29. The van der Waals surface area contributed by atoms with Gasteiger partial charge in [0.05, 0.1) is 12.0 Å². The lowest BCUT2D eigenvalue weighted by atomic mass is 9.97. The second kappa shape index (κ2) is 9.19. The molecular weight excluding hydrogens is 368 g/mol. The number of methoxy groups -OCH3 is 1. The van der Waals surface area contributed by atoms with Crippen LogP contribution in [-0.4, -0.2) is 32.4 Å². The van der Waals surface area contributed by atoms with Crippen molar-refractivity contribution >= 4 is 33.4 Å². The van der Waals surface area contributed by atoms with Crippen LogP contribution in [0.5, 0.6) is 11.5 Å². The molecule has 1 heterocycles. The number of hydrogen-bond acceptors (Lipinski definition) is 7. The average Bonchev–Trinajstić information content (AvgIpc) is 2.97. The summed E-state index contributed by atoms with van der Waals surface area (Å²) in [7, 11) is 1.53. The monoisotopic (exact) mass is 394 g/mol. The fourth-order valence-electron chi connectivity index (χ4n) is 2.13. The summed E-state index contributed by atoms with van der Waals surface area (Å²) >= 11 is 1.24. The number of ether oxygens (including phenoxy) is 4. The van der Waals surface area contributed by atoms with E-state index in [1.807, 2.05) is 13.0 Å². The van der Waals surface area contributed by atoms with Gasteiger partial charge in [-0.15, -0.1) is 11.3 Å². The molecule has 0 saturated carbocycles. The second-order valence-electron chi connectivity index (χ2n) is 7.10. The lowest BCUT2D eigenvalue weighted by Crippen LogP contribution is -2.26. The fraction of sp³-hybridized carbons (Fsp3) is 0.500. The predicted molar refractivity (Wildman–Crippen MR) is 105 cm³/mol. The molecule has 0 aliphatic heterocycles. The molecule has 0 radical (unpaired) electrons. The van der Waals surface area contributed by atoms with Gasteiger partial charge in [0.1, 0.15) is 5.75 Å². The average molecular weight is 394 g/mol. The normalized spacial score (nSPS) is 11.4. The lowest BCUT2D eigenvalue weighted by molar-refractivity contribution is -0.142. The van der Waals surface area contributed by atoms with Crippen LogP contribution >= 0.6 is 11.3 Å². The molecule has 0 aliphatic rings. The summed E-state index contributed by atoms with van der Waals surface area (Å²) in [6.45, 7) is 7.73. The van der Waals surface area contributed by atoms with Crippen molar-refractivity contribution < 1.29 is 28.5 Å². The highest BCUT2D eigenvalue weighted by Crippen LogP contribution is 2.41. The molecule has 0 spiro atoms. The summed E-state index contributed by atoms with van der Waals surface area (Å²) in [5, 5.41) is 0.633. The highest BCUT2D eigenvalue weighted by molar-refractivity contribution is 7.21. The summed E-state index contributed by atoms with van der Waals surface area (Å²) in [6, 6.07) is 5.33. The van der Waals surface area contributed by atoms with Gasteiger partial charge in [0.25, 0.3) is 0 Å². The van der Waals surface area contributed by atoms with E-state index in [1.54, 1.807) is 32.9 Å². The smallest absolute Gasteiger partial charge is 0.352 e. The zero-order valence-electron chi connectivity index (χ0n) is 16.4. The van der Waals surface area contributed by atoms with E-state index in [9.17, 15) is 9.59 Å². The Morgan fingerprint density at radius 3 is 2.56 bits per heavy atom. The summed E-state index contributed by atoms with van der Waals surface area (Å²) in [4.78, 5) is 25.3. The van der Waals surface area contributed by atoms with Gasteiger partial charge < -0.3 is 18.9 Å². The van der Waals surface area contributed by atoms with E-state index in [0.717, 1.165) is 17.5 Å². The summed E-state index contributed by atoms with van der Waals surface area (Å²) < 4.78 is 22.2. The van der Waals surface area contributed by atoms with Crippen molar-refractivity contribution in [2.75, 3.05) is 20.5 Å². The summed E-state index contributed by atoms with van der Waals surface area (Å²) in [5.74, 6) is -0.130. The number of rotatable bonds is 8. The number of benzene rings is 1. The van der Waals surface area contributed by atoms with Gasteiger partial charge in [-0.1, -0.05) is 13.3 Å². The minimum absolute atomic E-state index is 0.0959. The molecule has 1 aromatic heterocycles. The highest BCUT2D eigenvalue weighted by atomic mass is 32.1. The van der Waals surface area contributed by atoms with Crippen molar-refractivity contribution in [3.8, 4) is 11.5 Å². The Hall–Kier alpha value is -2.12. The van der Waals surface area contributed by atoms with Gasteiger partial charge in [0.15, 0.2) is 17.4 Å². The van der Waals surface area contributed by atoms with E-state index >= 15 is 0 Å². The van der Waals surface area contributed by atoms with Crippen LogP contribution in [0.2, 0.25) is 0 Å². The number of carbonyl (C=O) groups is 2. The first kappa shape index (κ1) is 21.2. The standard InChI is InChI=1S/C20H26O6S/c1-6-7-10-24-18(21)17-16(26-19(22)20(2,3)4)14-11-13(25-12-23-5)8-9-15(14)27-17/h8-9,11H,6-7,10,12H2,1-5H3. The molecule has 0 N–H and O–H groups in total. The number of carbonyl (C=O) groups excluding carboxylic acids is 2. The minimum atomic E-state index is -0.707. The third kappa shape index (κ3) is 5.43. The van der Waals surface area contributed by atoms with Crippen LogP contribution in [0.3, 0.4) is 0 Å². The number of esters is 2. The van der Waals surface area contributed by atoms with E-state index in [2.05, 4.69) is 0 Å². The SMILES string of the molecule is CCCCOC(=O)c1sc2ccc(OCOC)cc2c1OC(=O)C(C)(C)C. The van der Waals surface area contributed by atoms with Crippen molar-refractivity contribution in [3.05, 3.63) is 23.1 Å². The zero-order chi connectivity index (χ0) is 20.0. The van der Waals surface area contributed by atoms with Gasteiger partial charge in [-0.25, -0.2) is 4.79 Å². The Kier molecular flexibility index (Phi) is 7.21. The van der Waals surface area contributed by atoms with Gasteiger partial charge in [-0.2, -0.15) is 0 Å². The molecule has 2 aromatic rings. The quantitative estimate of drug-likeness (QED) is 0.364. The predicted octanol–water partition coefficient (Wildman–Crippen LogP) is 4.79. The first-order valence-corrected chi connectivity index (χ1v) is 9.67. The van der Waals surface area contributed by atoms with Gasteiger partial charge >= 0.3 is 11.9 Å². The van der Waals surface area contributed by atoms with Crippen LogP contribution in [0.4, 0.5) is 0 Å². The third-order valence-corrected chi connectivity index (χ3v) is 4.81. The van der Waals surface area contributed by atoms with Crippen LogP contribution in [0.25, 0.3) is 10.1 Å². The van der Waals surface area contributed by atoms with E-state index < -0.39 is 17.4 Å². The Bertz CT molecular complexity index is 803. The number of thiophene rings is 1. The number of fused-ring (bicyclic) bond motifs is 1. The molecule has 0 unspecified atom stereocenters. The molecule has 27 heavy (non-hydrogen) atoms. The zero-order valence-corrected chi connectivity index (χ0v) is 17.2. The van der Waals surface area contributed by atoms with E-state index in [1.165, 1.54) is 18.4 Å². The lowest BCUT2D eigenvalue weighted by Gasteiger charge is -2.16. The van der Waals surface area contributed by atoms with E-state index in [-0.39, 0.29) is 17.4 Å². The van der Waals surface area contributed by atoms with E-state index in [4.69, 9.17) is 18.9 Å². The van der Waals surface area contributed by atoms with Crippen molar-refractivity contribution in [2.45, 2.75) is 40.5 Å². The van der Waals surface area contributed by atoms with Gasteiger partial charge in [0, 0.05) is 17.2 Å². The maximum absolute atomic E-state index is 12.5. The molecule has 0 amide bonds. The molecule has 0 saturated heterocycles. The molecule has 6 nitrogen and oxygen atoms in total. The molecule has 7 heteroatoms. The molecular formula is C20H26O6S. The Morgan fingerprint density at radius 1 is 1.19 bits per heavy atom. The largest absolute Gasteiger partial charge is 0.468 e. The minimum Gasteiger partial charge on any atom is -0.468 e. The summed E-state index contributed by atoms with van der Waals surface area (Å²) in [5.41, 5.74) is -0.707. The topological polar surface area (TPSA) is 71.1 Å². The summed E-state index contributed by atoms with van der Waals surface area (Å²) in [6.07, 6.45) is 1.70. The van der Waals surface area contributed by atoms with Crippen LogP contribution < -0.4 is 9.47 Å². The van der Waals surface area contributed by atoms with Gasteiger partial charge in [-0.3, -0.25) is 4.79 Å². The number of hydrogen-bond donors (Lipinski definition) is 0. The first-order valence-electron chi connectivity index (χ1n) is 8.85. The molecule has 0 atom stereocenters. The van der Waals surface area contributed by atoms with E-state index in [0.29, 0.717) is 17.7 Å². The third-order valence-electron chi connectivity index (χ3n) is 3.68. The number of unbranched alkanes of at least 4 members (excludes halogenated alkanes) is 1. The van der Waals surface area contributed by atoms with Gasteiger partial charge in [0.2, 0.25) is 0 Å². The van der Waals surface area contributed by atoms with Crippen LogP contribution in [0, 0.1) is 5.41 Å². The molecule has 0 fully saturated rings. The Morgan fingerprint density at radius 2 is 1.93 bits per heavy atom. The van der Waals surface area contributed by atoms with Crippen LogP contribution in [0.1, 0.15) is 50.2 Å². The van der Waals surface area contributed by atoms with Crippen molar-refractivity contribution in [1.82, 2.24) is 0 Å². The molecule has 2 rings (SSSR count). The molecule has 148 valence electrons. The Labute approximate surface area is 163 Å².